The first-order valence-corrected chi connectivity index (χ1v) is 9.86. The van der Waals surface area contributed by atoms with Crippen LogP contribution in [-0.4, -0.2) is 46.0 Å². The minimum absolute atomic E-state index is 0.391. The van der Waals surface area contributed by atoms with Gasteiger partial charge in [0.05, 0.1) is 23.2 Å². The lowest BCUT2D eigenvalue weighted by molar-refractivity contribution is 0.0497. The third kappa shape index (κ3) is 6.07. The average molecular weight is 442 g/mol. The van der Waals surface area contributed by atoms with Gasteiger partial charge >= 0.3 is 6.09 Å². The number of carbonyl (C=O) groups excluding carboxylic acids is 1. The second-order valence-electron chi connectivity index (χ2n) is 7.16. The Labute approximate surface area is 167 Å². The van der Waals surface area contributed by atoms with Gasteiger partial charge in [-0.15, -0.1) is 0 Å². The van der Waals surface area contributed by atoms with Crippen molar-refractivity contribution in [2.45, 2.75) is 52.7 Å². The van der Waals surface area contributed by atoms with E-state index in [1.807, 2.05) is 20.8 Å². The molecular weight excluding hydrogens is 414 g/mol. The predicted octanol–water partition coefficient (Wildman–Crippen LogP) is 3.27. The molecule has 0 unspecified atom stereocenters. The van der Waals surface area contributed by atoms with Gasteiger partial charge in [0.1, 0.15) is 16.9 Å². The minimum Gasteiger partial charge on any atom is -0.444 e. The van der Waals surface area contributed by atoms with E-state index in [0.29, 0.717) is 37.6 Å². The highest BCUT2D eigenvalue weighted by Crippen LogP contribution is 2.28. The Morgan fingerprint density at radius 2 is 2.11 bits per heavy atom. The molecule has 2 aromatic heterocycles. The number of aryl methyl sites for hydroxylation is 1. The first-order chi connectivity index (χ1) is 12.7. The number of anilines is 1. The van der Waals surface area contributed by atoms with Gasteiger partial charge in [-0.1, -0.05) is 6.92 Å². The van der Waals surface area contributed by atoms with Crippen LogP contribution < -0.4 is 11.1 Å². The standard InChI is InChI=1S/C18H28BrN5O3/c1-5-6-13-23-14-15(12(19)11-22-16(14)20)24(13)8-10-26-9-7-21-17(25)27-18(2,3)4/h11H,5-10H2,1-4H3,(H2,20,22)(H,21,25). The molecule has 0 bridgehead atoms. The Balaban J connectivity index is 1.90. The minimum atomic E-state index is -0.507. The maximum atomic E-state index is 11.6. The first kappa shape index (κ1) is 21.4. The van der Waals surface area contributed by atoms with Gasteiger partial charge in [0.2, 0.25) is 0 Å². The van der Waals surface area contributed by atoms with Crippen LogP contribution in [0.1, 0.15) is 39.9 Å². The Morgan fingerprint density at radius 1 is 1.37 bits per heavy atom. The van der Waals surface area contributed by atoms with Crippen molar-refractivity contribution in [1.29, 1.82) is 0 Å². The van der Waals surface area contributed by atoms with Gasteiger partial charge in [-0.05, 0) is 43.1 Å². The number of halogens is 1. The summed E-state index contributed by atoms with van der Waals surface area (Å²) in [6.07, 6.45) is 3.08. The third-order valence-electron chi connectivity index (χ3n) is 3.68. The van der Waals surface area contributed by atoms with E-state index < -0.39 is 11.7 Å². The number of carbonyl (C=O) groups is 1. The van der Waals surface area contributed by atoms with Crippen LogP contribution in [0.3, 0.4) is 0 Å². The highest BCUT2D eigenvalue weighted by Gasteiger charge is 2.17. The molecule has 1 amide bonds. The highest BCUT2D eigenvalue weighted by atomic mass is 79.9. The number of hydrogen-bond acceptors (Lipinski definition) is 6. The summed E-state index contributed by atoms with van der Waals surface area (Å²) in [6, 6.07) is 0. The van der Waals surface area contributed by atoms with E-state index >= 15 is 0 Å². The van der Waals surface area contributed by atoms with Gasteiger partial charge in [-0.3, -0.25) is 0 Å². The van der Waals surface area contributed by atoms with Crippen LogP contribution in [-0.2, 0) is 22.4 Å². The number of imidazole rings is 1. The normalized spacial score (nSPS) is 11.7. The molecule has 2 aromatic rings. The van der Waals surface area contributed by atoms with Crippen LogP contribution in [0.15, 0.2) is 10.7 Å². The highest BCUT2D eigenvalue weighted by molar-refractivity contribution is 9.10. The summed E-state index contributed by atoms with van der Waals surface area (Å²) in [6.45, 7) is 9.51. The summed E-state index contributed by atoms with van der Waals surface area (Å²) < 4.78 is 13.8. The van der Waals surface area contributed by atoms with E-state index in [0.717, 1.165) is 28.7 Å². The summed E-state index contributed by atoms with van der Waals surface area (Å²) >= 11 is 3.54. The zero-order valence-corrected chi connectivity index (χ0v) is 17.9. The van der Waals surface area contributed by atoms with Crippen molar-refractivity contribution in [3.05, 3.63) is 16.5 Å². The number of alkyl carbamates (subject to hydrolysis) is 1. The predicted molar refractivity (Wildman–Crippen MR) is 109 cm³/mol. The monoisotopic (exact) mass is 441 g/mol. The van der Waals surface area contributed by atoms with Crippen LogP contribution in [0, 0.1) is 0 Å². The molecule has 2 rings (SSSR count). The molecule has 0 saturated carbocycles. The molecule has 0 radical (unpaired) electrons. The maximum Gasteiger partial charge on any atom is 0.407 e. The quantitative estimate of drug-likeness (QED) is 0.609. The molecule has 8 nitrogen and oxygen atoms in total. The topological polar surface area (TPSA) is 104 Å². The van der Waals surface area contributed by atoms with E-state index in [1.165, 1.54) is 0 Å². The van der Waals surface area contributed by atoms with Crippen molar-refractivity contribution < 1.29 is 14.3 Å². The SMILES string of the molecule is CCCc1nc2c(N)ncc(Br)c2n1CCOCCNC(=O)OC(C)(C)C. The van der Waals surface area contributed by atoms with E-state index in [4.69, 9.17) is 15.2 Å². The molecule has 2 heterocycles. The number of ether oxygens (including phenoxy) is 2. The van der Waals surface area contributed by atoms with Crippen LogP contribution in [0.5, 0.6) is 0 Å². The number of amides is 1. The van der Waals surface area contributed by atoms with Gasteiger partial charge in [-0.2, -0.15) is 0 Å². The van der Waals surface area contributed by atoms with Crippen LogP contribution in [0.2, 0.25) is 0 Å². The average Bonchev–Trinajstić information content (AvgIpc) is 2.93. The molecule has 0 aromatic carbocycles. The Kier molecular flexibility index (Phi) is 7.43. The van der Waals surface area contributed by atoms with Crippen LogP contribution in [0.4, 0.5) is 10.6 Å². The van der Waals surface area contributed by atoms with Gasteiger partial charge in [0.25, 0.3) is 0 Å². The number of hydrogen-bond donors (Lipinski definition) is 2. The summed E-state index contributed by atoms with van der Waals surface area (Å²) in [5.74, 6) is 1.38. The molecule has 0 aliphatic heterocycles. The number of pyridine rings is 1. The maximum absolute atomic E-state index is 11.6. The van der Waals surface area contributed by atoms with Crippen molar-refractivity contribution in [1.82, 2.24) is 19.9 Å². The number of nitrogens with two attached hydrogens (primary N) is 1. The number of rotatable bonds is 8. The zero-order chi connectivity index (χ0) is 20.0. The van der Waals surface area contributed by atoms with Crippen LogP contribution >= 0.6 is 15.9 Å². The van der Waals surface area contributed by atoms with Crippen molar-refractivity contribution >= 4 is 38.9 Å². The van der Waals surface area contributed by atoms with E-state index in [-0.39, 0.29) is 0 Å². The Morgan fingerprint density at radius 3 is 2.78 bits per heavy atom. The molecule has 0 aliphatic rings. The lowest BCUT2D eigenvalue weighted by Gasteiger charge is -2.19. The van der Waals surface area contributed by atoms with Crippen molar-refractivity contribution in [2.24, 2.45) is 0 Å². The van der Waals surface area contributed by atoms with Gasteiger partial charge < -0.3 is 25.1 Å². The second-order valence-corrected chi connectivity index (χ2v) is 8.01. The fourth-order valence-corrected chi connectivity index (χ4v) is 3.13. The molecule has 0 atom stereocenters. The summed E-state index contributed by atoms with van der Waals surface area (Å²) in [4.78, 5) is 20.4. The molecular formula is C18H28BrN5O3. The van der Waals surface area contributed by atoms with E-state index in [1.54, 1.807) is 6.20 Å². The first-order valence-electron chi connectivity index (χ1n) is 9.06. The number of nitrogens with zero attached hydrogens (tertiary/aromatic N) is 3. The molecule has 150 valence electrons. The summed E-state index contributed by atoms with van der Waals surface area (Å²) in [5.41, 5.74) is 7.11. The fraction of sp³-hybridized carbons (Fsp3) is 0.611. The van der Waals surface area contributed by atoms with Gasteiger partial charge in [-0.25, -0.2) is 14.8 Å². The number of nitrogen functional groups attached to an aromatic ring is 1. The van der Waals surface area contributed by atoms with Gasteiger partial charge in [0.15, 0.2) is 5.82 Å². The molecule has 27 heavy (non-hydrogen) atoms. The summed E-state index contributed by atoms with van der Waals surface area (Å²) in [5, 5.41) is 2.67. The third-order valence-corrected chi connectivity index (χ3v) is 4.26. The van der Waals surface area contributed by atoms with E-state index in [9.17, 15) is 4.79 Å². The van der Waals surface area contributed by atoms with Gasteiger partial charge in [0, 0.05) is 25.7 Å². The second kappa shape index (κ2) is 9.36. The largest absolute Gasteiger partial charge is 0.444 e. The lowest BCUT2D eigenvalue weighted by Crippen LogP contribution is -2.34. The van der Waals surface area contributed by atoms with Crippen molar-refractivity contribution in [3.63, 3.8) is 0 Å². The van der Waals surface area contributed by atoms with Crippen molar-refractivity contribution in [3.8, 4) is 0 Å². The zero-order valence-electron chi connectivity index (χ0n) is 16.3. The lowest BCUT2D eigenvalue weighted by atomic mass is 10.2. The van der Waals surface area contributed by atoms with Crippen LogP contribution in [0.25, 0.3) is 11.0 Å². The molecule has 0 spiro atoms. The molecule has 0 fully saturated rings. The number of fused-ring (bicyclic) bond motifs is 1. The molecule has 0 saturated heterocycles. The Bertz CT molecular complexity index is 785. The number of nitrogens with one attached hydrogen (secondary N) is 1. The van der Waals surface area contributed by atoms with Crippen molar-refractivity contribution in [2.75, 3.05) is 25.5 Å². The smallest absolute Gasteiger partial charge is 0.407 e. The molecule has 9 heteroatoms. The molecule has 0 aliphatic carbocycles. The number of aromatic nitrogens is 3. The Hall–Kier alpha value is -1.87. The summed E-state index contributed by atoms with van der Waals surface area (Å²) in [7, 11) is 0. The fourth-order valence-electron chi connectivity index (χ4n) is 2.62. The molecule has 3 N–H and O–H groups in total. The van der Waals surface area contributed by atoms with E-state index in [2.05, 4.69) is 42.7 Å².